The molecule has 0 saturated heterocycles. The molecule has 0 bridgehead atoms. The van der Waals surface area contributed by atoms with Gasteiger partial charge in [-0.3, -0.25) is 9.78 Å². The number of carbonyl (C=O) groups is 1. The number of carbonyl (C=O) groups excluding carboxylic acids is 1. The van der Waals surface area contributed by atoms with Crippen molar-refractivity contribution in [2.24, 2.45) is 0 Å². The molecule has 2 aromatic carbocycles. The van der Waals surface area contributed by atoms with Gasteiger partial charge >= 0.3 is 0 Å². The minimum Gasteiger partial charge on any atom is -0.493 e. The standard InChI is InChI=1S/C30H33N3O7S/c1-20-7-9-25(10-8-20)41(35,36)33-19-24(22-13-23(18-31-17-22)30(34)32-11-6-12-37-2)14-26(33)21-15-27(38-3)29(40-5)28(16-21)39-4/h7-10,13-19H,6,11-12H2,1-5H3,(H,32,34). The molecule has 4 aromatic rings. The summed E-state index contributed by atoms with van der Waals surface area (Å²) in [6.45, 7) is 2.87. The lowest BCUT2D eigenvalue weighted by Crippen LogP contribution is -2.25. The summed E-state index contributed by atoms with van der Waals surface area (Å²) in [6, 6.07) is 13.4. The topological polar surface area (TPSA) is 118 Å². The van der Waals surface area contributed by atoms with Gasteiger partial charge in [-0.1, -0.05) is 17.7 Å². The third-order valence-electron chi connectivity index (χ3n) is 6.47. The zero-order valence-electron chi connectivity index (χ0n) is 23.6. The number of benzene rings is 2. The first-order valence-corrected chi connectivity index (χ1v) is 14.2. The molecule has 11 heteroatoms. The second kappa shape index (κ2) is 12.9. The highest BCUT2D eigenvalue weighted by Crippen LogP contribution is 2.42. The molecule has 41 heavy (non-hydrogen) atoms. The number of hydrogen-bond acceptors (Lipinski definition) is 8. The van der Waals surface area contributed by atoms with E-state index in [9.17, 15) is 13.2 Å². The number of ether oxygens (including phenoxy) is 4. The molecule has 216 valence electrons. The van der Waals surface area contributed by atoms with E-state index >= 15 is 0 Å². The van der Waals surface area contributed by atoms with Gasteiger partial charge in [-0.05, 0) is 49.7 Å². The van der Waals surface area contributed by atoms with Crippen molar-refractivity contribution in [3.63, 3.8) is 0 Å². The van der Waals surface area contributed by atoms with Crippen LogP contribution in [0.15, 0.2) is 72.0 Å². The zero-order valence-corrected chi connectivity index (χ0v) is 24.4. The summed E-state index contributed by atoms with van der Waals surface area (Å²) in [6.07, 6.45) is 5.24. The molecule has 0 aliphatic carbocycles. The third kappa shape index (κ3) is 6.36. The highest BCUT2D eigenvalue weighted by molar-refractivity contribution is 7.90. The van der Waals surface area contributed by atoms with Crippen LogP contribution in [0.1, 0.15) is 22.3 Å². The first kappa shape index (κ1) is 29.6. The van der Waals surface area contributed by atoms with Crippen LogP contribution in [0.25, 0.3) is 22.4 Å². The van der Waals surface area contributed by atoms with Crippen LogP contribution < -0.4 is 19.5 Å². The summed E-state index contributed by atoms with van der Waals surface area (Å²) in [7, 11) is 2.06. The molecular weight excluding hydrogens is 546 g/mol. The highest BCUT2D eigenvalue weighted by Gasteiger charge is 2.25. The van der Waals surface area contributed by atoms with E-state index in [0.717, 1.165) is 5.56 Å². The Morgan fingerprint density at radius 1 is 0.878 bits per heavy atom. The summed E-state index contributed by atoms with van der Waals surface area (Å²) in [4.78, 5) is 17.1. The monoisotopic (exact) mass is 579 g/mol. The number of amides is 1. The highest BCUT2D eigenvalue weighted by atomic mass is 32.2. The SMILES string of the molecule is COCCCNC(=O)c1cncc(-c2cc(-c3cc(OC)c(OC)c(OC)c3)n(S(=O)(=O)c3ccc(C)cc3)c2)c1. The van der Waals surface area contributed by atoms with Gasteiger partial charge in [-0.2, -0.15) is 0 Å². The van der Waals surface area contributed by atoms with Gasteiger partial charge in [0.2, 0.25) is 5.75 Å². The predicted molar refractivity (Wildman–Crippen MR) is 155 cm³/mol. The van der Waals surface area contributed by atoms with E-state index in [2.05, 4.69) is 10.3 Å². The first-order valence-electron chi connectivity index (χ1n) is 12.8. The molecule has 1 N–H and O–H groups in total. The average Bonchev–Trinajstić information content (AvgIpc) is 3.45. The number of aryl methyl sites for hydroxylation is 1. The van der Waals surface area contributed by atoms with E-state index in [4.69, 9.17) is 18.9 Å². The van der Waals surface area contributed by atoms with Crippen LogP contribution in [0.2, 0.25) is 0 Å². The molecule has 0 unspecified atom stereocenters. The number of hydrogen-bond donors (Lipinski definition) is 1. The Balaban J connectivity index is 1.86. The maximum atomic E-state index is 13.9. The van der Waals surface area contributed by atoms with Crippen molar-refractivity contribution in [3.05, 3.63) is 78.2 Å². The fourth-order valence-corrected chi connectivity index (χ4v) is 5.68. The molecular formula is C30H33N3O7S. The molecule has 10 nitrogen and oxygen atoms in total. The van der Waals surface area contributed by atoms with Gasteiger partial charge in [0.1, 0.15) is 0 Å². The van der Waals surface area contributed by atoms with Crippen LogP contribution >= 0.6 is 0 Å². The van der Waals surface area contributed by atoms with Gasteiger partial charge in [-0.25, -0.2) is 12.4 Å². The van der Waals surface area contributed by atoms with Crippen molar-refractivity contribution >= 4 is 15.9 Å². The maximum Gasteiger partial charge on any atom is 0.268 e. The minimum absolute atomic E-state index is 0.126. The van der Waals surface area contributed by atoms with E-state index in [0.29, 0.717) is 64.8 Å². The van der Waals surface area contributed by atoms with E-state index in [1.165, 1.54) is 37.7 Å². The fraction of sp³-hybridized carbons (Fsp3) is 0.267. The Morgan fingerprint density at radius 2 is 1.56 bits per heavy atom. The van der Waals surface area contributed by atoms with Gasteiger partial charge in [-0.15, -0.1) is 0 Å². The second-order valence-corrected chi connectivity index (χ2v) is 11.0. The van der Waals surface area contributed by atoms with Crippen LogP contribution in [0.3, 0.4) is 0 Å². The molecule has 2 heterocycles. The summed E-state index contributed by atoms with van der Waals surface area (Å²) in [5, 5.41) is 2.84. The van der Waals surface area contributed by atoms with Crippen molar-refractivity contribution in [3.8, 4) is 39.6 Å². The van der Waals surface area contributed by atoms with Crippen molar-refractivity contribution in [2.45, 2.75) is 18.2 Å². The summed E-state index contributed by atoms with van der Waals surface area (Å²) >= 11 is 0. The number of aromatic nitrogens is 2. The normalized spacial score (nSPS) is 11.2. The van der Waals surface area contributed by atoms with Gasteiger partial charge in [0.25, 0.3) is 15.9 Å². The summed E-state index contributed by atoms with van der Waals surface area (Å²) in [5.74, 6) is 0.842. The molecule has 0 aliphatic heterocycles. The Hall–Kier alpha value is -4.35. The molecule has 4 rings (SSSR count). The number of pyridine rings is 1. The van der Waals surface area contributed by atoms with Crippen molar-refractivity contribution < 1.29 is 32.2 Å². The van der Waals surface area contributed by atoms with Crippen molar-refractivity contribution in [1.82, 2.24) is 14.3 Å². The lowest BCUT2D eigenvalue weighted by atomic mass is 10.1. The predicted octanol–water partition coefficient (Wildman–Crippen LogP) is 4.55. The first-order chi connectivity index (χ1) is 19.7. The van der Waals surface area contributed by atoms with Crippen molar-refractivity contribution in [2.75, 3.05) is 41.6 Å². The molecule has 0 spiro atoms. The largest absolute Gasteiger partial charge is 0.493 e. The quantitative estimate of drug-likeness (QED) is 0.243. The Bertz CT molecular complexity index is 1610. The van der Waals surface area contributed by atoms with Crippen LogP contribution in [0.4, 0.5) is 0 Å². The smallest absolute Gasteiger partial charge is 0.268 e. The van der Waals surface area contributed by atoms with Gasteiger partial charge in [0.05, 0.1) is 37.5 Å². The minimum atomic E-state index is -4.03. The lowest BCUT2D eigenvalue weighted by Gasteiger charge is -2.16. The van der Waals surface area contributed by atoms with Crippen LogP contribution in [0.5, 0.6) is 17.2 Å². The van der Waals surface area contributed by atoms with Crippen molar-refractivity contribution in [1.29, 1.82) is 0 Å². The summed E-state index contributed by atoms with van der Waals surface area (Å²) < 4.78 is 50.6. The van der Waals surface area contributed by atoms with Crippen LogP contribution in [0, 0.1) is 6.92 Å². The van der Waals surface area contributed by atoms with E-state index in [1.54, 1.807) is 61.8 Å². The number of rotatable bonds is 12. The molecule has 1 amide bonds. The molecule has 0 atom stereocenters. The van der Waals surface area contributed by atoms with E-state index in [-0.39, 0.29) is 10.8 Å². The van der Waals surface area contributed by atoms with Gasteiger partial charge in [0, 0.05) is 55.5 Å². The fourth-order valence-electron chi connectivity index (χ4n) is 4.31. The Morgan fingerprint density at radius 3 is 2.17 bits per heavy atom. The average molecular weight is 580 g/mol. The molecule has 0 aliphatic rings. The van der Waals surface area contributed by atoms with Crippen LogP contribution in [-0.4, -0.2) is 64.9 Å². The molecule has 0 fully saturated rings. The van der Waals surface area contributed by atoms with Gasteiger partial charge < -0.3 is 24.3 Å². The number of methoxy groups -OCH3 is 4. The second-order valence-electron chi connectivity index (χ2n) is 9.21. The zero-order chi connectivity index (χ0) is 29.6. The molecule has 2 aromatic heterocycles. The molecule has 0 saturated carbocycles. The maximum absolute atomic E-state index is 13.9. The van der Waals surface area contributed by atoms with Gasteiger partial charge in [0.15, 0.2) is 11.5 Å². The van der Waals surface area contributed by atoms with E-state index in [1.807, 2.05) is 6.92 Å². The van der Waals surface area contributed by atoms with Crippen LogP contribution in [-0.2, 0) is 14.8 Å². The van der Waals surface area contributed by atoms with E-state index < -0.39 is 10.0 Å². The Labute approximate surface area is 239 Å². The number of nitrogens with zero attached hydrogens (tertiary/aromatic N) is 2. The number of nitrogens with one attached hydrogen (secondary N) is 1. The lowest BCUT2D eigenvalue weighted by molar-refractivity contribution is 0.0948. The third-order valence-corrected chi connectivity index (χ3v) is 8.16. The molecule has 0 radical (unpaired) electrons. The summed E-state index contributed by atoms with van der Waals surface area (Å²) in [5.41, 5.74) is 3.27. The Kier molecular flexibility index (Phi) is 9.31.